The molecule has 0 saturated carbocycles. The lowest BCUT2D eigenvalue weighted by Crippen LogP contribution is -2.22. The zero-order valence-electron chi connectivity index (χ0n) is 14.4. The minimum atomic E-state index is 0.0888. The monoisotopic (exact) mass is 368 g/mol. The molecule has 0 bridgehead atoms. The van der Waals surface area contributed by atoms with Gasteiger partial charge < -0.3 is 9.32 Å². The molecule has 1 saturated heterocycles. The number of carbonyl (C=O) groups is 1. The van der Waals surface area contributed by atoms with Gasteiger partial charge in [-0.25, -0.2) is 0 Å². The van der Waals surface area contributed by atoms with Crippen LogP contribution in [0.25, 0.3) is 0 Å². The molecule has 1 aromatic carbocycles. The third-order valence-corrected chi connectivity index (χ3v) is 5.38. The summed E-state index contributed by atoms with van der Waals surface area (Å²) in [5.74, 6) is 2.13. The lowest BCUT2D eigenvalue weighted by molar-refractivity contribution is 0.102. The number of ketones is 1. The smallest absolute Gasteiger partial charge is 0.228 e. The number of benzene rings is 1. The van der Waals surface area contributed by atoms with Gasteiger partial charge in [-0.1, -0.05) is 42.1 Å². The van der Waals surface area contributed by atoms with Crippen LogP contribution in [0.5, 0.6) is 0 Å². The first-order valence-corrected chi connectivity index (χ1v) is 9.71. The van der Waals surface area contributed by atoms with Gasteiger partial charge in [0.25, 0.3) is 0 Å². The molecule has 4 rings (SSSR count). The van der Waals surface area contributed by atoms with Gasteiger partial charge in [0.15, 0.2) is 10.9 Å². The van der Waals surface area contributed by atoms with E-state index in [9.17, 15) is 4.79 Å². The van der Waals surface area contributed by atoms with E-state index in [0.717, 1.165) is 35.5 Å². The fourth-order valence-corrected chi connectivity index (χ4v) is 3.90. The number of furan rings is 1. The molecule has 7 heteroatoms. The SMILES string of the molecule is O=C(CSc1nnc(N2CCCC2)n1Cc1ccco1)c1ccccc1. The molecule has 6 nitrogen and oxygen atoms in total. The van der Waals surface area contributed by atoms with Crippen LogP contribution >= 0.6 is 11.8 Å². The highest BCUT2D eigenvalue weighted by Crippen LogP contribution is 2.26. The highest BCUT2D eigenvalue weighted by Gasteiger charge is 2.22. The summed E-state index contributed by atoms with van der Waals surface area (Å²) < 4.78 is 7.55. The van der Waals surface area contributed by atoms with Gasteiger partial charge in [0.2, 0.25) is 5.95 Å². The van der Waals surface area contributed by atoms with Crippen LogP contribution in [0, 0.1) is 0 Å². The van der Waals surface area contributed by atoms with E-state index in [2.05, 4.69) is 15.1 Å². The maximum atomic E-state index is 12.4. The van der Waals surface area contributed by atoms with Crippen molar-refractivity contribution < 1.29 is 9.21 Å². The molecule has 1 fully saturated rings. The number of hydrogen-bond acceptors (Lipinski definition) is 6. The van der Waals surface area contributed by atoms with Gasteiger partial charge in [0.1, 0.15) is 5.76 Å². The second-order valence-corrected chi connectivity index (χ2v) is 7.16. The van der Waals surface area contributed by atoms with Crippen LogP contribution in [-0.4, -0.2) is 39.4 Å². The Hall–Kier alpha value is -2.54. The van der Waals surface area contributed by atoms with E-state index in [1.807, 2.05) is 47.0 Å². The van der Waals surface area contributed by atoms with E-state index < -0.39 is 0 Å². The Kier molecular flexibility index (Phi) is 5.06. The normalized spacial score (nSPS) is 14.1. The standard InChI is InChI=1S/C19H20N4O2S/c24-17(15-7-2-1-3-8-15)14-26-19-21-20-18(22-10-4-5-11-22)23(19)13-16-9-6-12-25-16/h1-3,6-9,12H,4-5,10-11,13-14H2. The largest absolute Gasteiger partial charge is 0.467 e. The van der Waals surface area contributed by atoms with Gasteiger partial charge in [-0.3, -0.25) is 9.36 Å². The van der Waals surface area contributed by atoms with E-state index in [1.54, 1.807) is 6.26 Å². The van der Waals surface area contributed by atoms with Crippen LogP contribution in [0.2, 0.25) is 0 Å². The summed E-state index contributed by atoms with van der Waals surface area (Å²) >= 11 is 1.42. The van der Waals surface area contributed by atoms with Crippen molar-refractivity contribution in [3.8, 4) is 0 Å². The molecular weight excluding hydrogens is 348 g/mol. The highest BCUT2D eigenvalue weighted by molar-refractivity contribution is 7.99. The molecule has 0 atom stereocenters. The molecule has 0 unspecified atom stereocenters. The Labute approximate surface area is 156 Å². The van der Waals surface area contributed by atoms with Crippen molar-refractivity contribution in [2.24, 2.45) is 0 Å². The van der Waals surface area contributed by atoms with E-state index in [4.69, 9.17) is 4.42 Å². The third kappa shape index (κ3) is 3.67. The van der Waals surface area contributed by atoms with Crippen LogP contribution in [0.4, 0.5) is 5.95 Å². The predicted molar refractivity (Wildman–Crippen MR) is 101 cm³/mol. The van der Waals surface area contributed by atoms with Crippen molar-refractivity contribution in [1.82, 2.24) is 14.8 Å². The Morgan fingerprint density at radius 1 is 1.08 bits per heavy atom. The molecule has 1 aliphatic heterocycles. The Bertz CT molecular complexity index is 855. The van der Waals surface area contributed by atoms with Gasteiger partial charge in [0, 0.05) is 18.7 Å². The third-order valence-electron chi connectivity index (χ3n) is 4.41. The summed E-state index contributed by atoms with van der Waals surface area (Å²) in [4.78, 5) is 14.7. The van der Waals surface area contributed by atoms with Crippen LogP contribution in [-0.2, 0) is 6.54 Å². The number of Topliss-reactive ketones (excluding diaryl/α,β-unsaturated/α-hetero) is 1. The first-order chi connectivity index (χ1) is 12.8. The van der Waals surface area contributed by atoms with Crippen molar-refractivity contribution in [2.75, 3.05) is 23.7 Å². The fourth-order valence-electron chi connectivity index (χ4n) is 3.07. The van der Waals surface area contributed by atoms with E-state index >= 15 is 0 Å². The second kappa shape index (κ2) is 7.78. The van der Waals surface area contributed by atoms with Crippen molar-refractivity contribution in [2.45, 2.75) is 24.5 Å². The average Bonchev–Trinajstić information content (AvgIpc) is 3.43. The van der Waals surface area contributed by atoms with Crippen molar-refractivity contribution in [1.29, 1.82) is 0 Å². The van der Waals surface area contributed by atoms with E-state index in [-0.39, 0.29) is 5.78 Å². The van der Waals surface area contributed by atoms with Gasteiger partial charge >= 0.3 is 0 Å². The Balaban J connectivity index is 1.54. The molecule has 0 aliphatic carbocycles. The summed E-state index contributed by atoms with van der Waals surface area (Å²) in [6.07, 6.45) is 4.01. The number of carbonyl (C=O) groups excluding carboxylic acids is 1. The van der Waals surface area contributed by atoms with Crippen LogP contribution < -0.4 is 4.90 Å². The van der Waals surface area contributed by atoms with Crippen molar-refractivity contribution >= 4 is 23.5 Å². The molecule has 0 amide bonds. The number of thioether (sulfide) groups is 1. The van der Waals surface area contributed by atoms with E-state index in [0.29, 0.717) is 12.3 Å². The zero-order valence-corrected chi connectivity index (χ0v) is 15.2. The lowest BCUT2D eigenvalue weighted by atomic mass is 10.2. The summed E-state index contributed by atoms with van der Waals surface area (Å²) in [6.45, 7) is 2.54. The van der Waals surface area contributed by atoms with Crippen LogP contribution in [0.15, 0.2) is 58.3 Å². The van der Waals surface area contributed by atoms with E-state index in [1.165, 1.54) is 24.6 Å². The maximum Gasteiger partial charge on any atom is 0.228 e. The topological polar surface area (TPSA) is 64.2 Å². The zero-order chi connectivity index (χ0) is 17.8. The maximum absolute atomic E-state index is 12.4. The molecule has 0 radical (unpaired) electrons. The van der Waals surface area contributed by atoms with Crippen LogP contribution in [0.3, 0.4) is 0 Å². The van der Waals surface area contributed by atoms with Gasteiger partial charge in [-0.15, -0.1) is 10.2 Å². The lowest BCUT2D eigenvalue weighted by Gasteiger charge is -2.17. The molecule has 0 spiro atoms. The number of rotatable bonds is 7. The molecule has 3 heterocycles. The summed E-state index contributed by atoms with van der Waals surface area (Å²) in [5.41, 5.74) is 0.719. The quantitative estimate of drug-likeness (QED) is 0.470. The minimum absolute atomic E-state index is 0.0888. The molecule has 1 aliphatic rings. The Morgan fingerprint density at radius 2 is 1.88 bits per heavy atom. The van der Waals surface area contributed by atoms with Crippen molar-refractivity contribution in [3.63, 3.8) is 0 Å². The molecular formula is C19H20N4O2S. The van der Waals surface area contributed by atoms with Gasteiger partial charge in [0.05, 0.1) is 18.6 Å². The molecule has 2 aromatic heterocycles. The predicted octanol–water partition coefficient (Wildman–Crippen LogP) is 3.49. The van der Waals surface area contributed by atoms with Gasteiger partial charge in [-0.2, -0.15) is 0 Å². The fraction of sp³-hybridized carbons (Fsp3) is 0.316. The van der Waals surface area contributed by atoms with Crippen LogP contribution in [0.1, 0.15) is 29.0 Å². The number of anilines is 1. The highest BCUT2D eigenvalue weighted by atomic mass is 32.2. The van der Waals surface area contributed by atoms with Crippen molar-refractivity contribution in [3.05, 3.63) is 60.1 Å². The molecule has 0 N–H and O–H groups in total. The molecule has 3 aromatic rings. The minimum Gasteiger partial charge on any atom is -0.467 e. The summed E-state index contributed by atoms with van der Waals surface area (Å²) in [6, 6.07) is 13.2. The average molecular weight is 368 g/mol. The molecule has 134 valence electrons. The Morgan fingerprint density at radius 3 is 2.62 bits per heavy atom. The number of hydrogen-bond donors (Lipinski definition) is 0. The number of aromatic nitrogens is 3. The van der Waals surface area contributed by atoms with Gasteiger partial charge in [-0.05, 0) is 25.0 Å². The first kappa shape index (κ1) is 16.9. The first-order valence-electron chi connectivity index (χ1n) is 8.73. The number of nitrogens with zero attached hydrogens (tertiary/aromatic N) is 4. The second-order valence-electron chi connectivity index (χ2n) is 6.22. The molecule has 26 heavy (non-hydrogen) atoms. The summed E-state index contributed by atoms with van der Waals surface area (Å²) in [7, 11) is 0. The summed E-state index contributed by atoms with van der Waals surface area (Å²) in [5, 5.41) is 9.48.